The van der Waals surface area contributed by atoms with E-state index in [-0.39, 0.29) is 21.1 Å². The fraction of sp³-hybridized carbons (Fsp3) is 0.800. The number of hydrogen-bond donors (Lipinski definition) is 0. The van der Waals surface area contributed by atoms with Crippen LogP contribution in [0.5, 0.6) is 0 Å². The van der Waals surface area contributed by atoms with Gasteiger partial charge in [0.15, 0.2) is 0 Å². The number of nitrogens with zero attached hydrogens (tertiary/aromatic N) is 1. The van der Waals surface area contributed by atoms with Gasteiger partial charge in [-0.15, -0.1) is 0 Å². The van der Waals surface area contributed by atoms with Crippen LogP contribution in [0.3, 0.4) is 0 Å². The standard InChI is InChI=1S/C10H19GeN/c1-6-12(7-2)11-9-8-10(3,4)5/h6-7H2,1-5H3. The van der Waals surface area contributed by atoms with Crippen LogP contribution in [-0.4, -0.2) is 32.6 Å². The van der Waals surface area contributed by atoms with Gasteiger partial charge in [0.1, 0.15) is 0 Å². The van der Waals surface area contributed by atoms with Crippen molar-refractivity contribution in [3.63, 3.8) is 0 Å². The maximum absolute atomic E-state index is 3.33. The summed E-state index contributed by atoms with van der Waals surface area (Å²) in [6.45, 7) is 13.2. The summed E-state index contributed by atoms with van der Waals surface area (Å²) in [6, 6.07) is 0. The average Bonchev–Trinajstić information content (AvgIpc) is 1.96. The van der Waals surface area contributed by atoms with E-state index in [4.69, 9.17) is 0 Å². The molecule has 12 heavy (non-hydrogen) atoms. The first-order chi connectivity index (χ1) is 5.49. The molecule has 0 aromatic carbocycles. The maximum atomic E-state index is 3.33. The quantitative estimate of drug-likeness (QED) is 0.525. The van der Waals surface area contributed by atoms with E-state index in [9.17, 15) is 0 Å². The van der Waals surface area contributed by atoms with Crippen molar-refractivity contribution >= 4 is 15.7 Å². The third-order valence-corrected chi connectivity index (χ3v) is 3.90. The van der Waals surface area contributed by atoms with Gasteiger partial charge in [0.05, 0.1) is 0 Å². The monoisotopic (exact) mass is 227 g/mol. The summed E-state index contributed by atoms with van der Waals surface area (Å²) in [4.78, 5) is 0. The minimum atomic E-state index is -0.163. The van der Waals surface area contributed by atoms with E-state index in [2.05, 4.69) is 49.1 Å². The molecule has 1 nitrogen and oxygen atoms in total. The summed E-state index contributed by atoms with van der Waals surface area (Å²) in [7, 11) is 0. The normalized spacial score (nSPS) is 11.2. The summed E-state index contributed by atoms with van der Waals surface area (Å²) in [6.07, 6.45) is 0. The second-order valence-corrected chi connectivity index (χ2v) is 6.10. The molecule has 0 unspecified atom stereocenters. The van der Waals surface area contributed by atoms with Crippen LogP contribution >= 0.6 is 0 Å². The third kappa shape index (κ3) is 6.75. The molecule has 0 saturated heterocycles. The van der Waals surface area contributed by atoms with Crippen LogP contribution < -0.4 is 0 Å². The van der Waals surface area contributed by atoms with Gasteiger partial charge in [0.25, 0.3) is 0 Å². The zero-order valence-electron chi connectivity index (χ0n) is 8.86. The van der Waals surface area contributed by atoms with Crippen molar-refractivity contribution in [3.05, 3.63) is 0 Å². The van der Waals surface area contributed by atoms with Gasteiger partial charge in [0, 0.05) is 0 Å². The molecule has 0 heterocycles. The van der Waals surface area contributed by atoms with Gasteiger partial charge in [-0.3, -0.25) is 0 Å². The van der Waals surface area contributed by atoms with Gasteiger partial charge < -0.3 is 0 Å². The molecule has 0 aliphatic rings. The Morgan fingerprint density at radius 1 is 1.17 bits per heavy atom. The molecule has 0 spiro atoms. The van der Waals surface area contributed by atoms with Crippen molar-refractivity contribution < 1.29 is 0 Å². The molecule has 0 rings (SSSR count). The third-order valence-electron chi connectivity index (χ3n) is 1.41. The fourth-order valence-corrected chi connectivity index (χ4v) is 2.58. The van der Waals surface area contributed by atoms with E-state index in [1.54, 1.807) is 0 Å². The Labute approximate surface area is 83.6 Å². The van der Waals surface area contributed by atoms with Crippen LogP contribution in [0.25, 0.3) is 0 Å². The van der Waals surface area contributed by atoms with Gasteiger partial charge in [-0.2, -0.15) is 0 Å². The molecule has 68 valence electrons. The second-order valence-electron chi connectivity index (χ2n) is 3.78. The molecule has 2 heteroatoms. The van der Waals surface area contributed by atoms with Crippen molar-refractivity contribution in [1.82, 2.24) is 3.86 Å². The summed E-state index contributed by atoms with van der Waals surface area (Å²) < 4.78 is 5.77. The van der Waals surface area contributed by atoms with E-state index >= 15 is 0 Å². The van der Waals surface area contributed by atoms with Crippen molar-refractivity contribution in [1.29, 1.82) is 0 Å². The first-order valence-corrected chi connectivity index (χ1v) is 6.51. The molecule has 0 fully saturated rings. The summed E-state index contributed by atoms with van der Waals surface area (Å²) in [5, 5.41) is 0. The Morgan fingerprint density at radius 2 is 1.67 bits per heavy atom. The topological polar surface area (TPSA) is 3.24 Å². The first kappa shape index (κ1) is 12.1. The number of hydrogen-bond acceptors (Lipinski definition) is 1. The van der Waals surface area contributed by atoms with Crippen molar-refractivity contribution in [2.45, 2.75) is 34.6 Å². The Bertz CT molecular complexity index is 167. The van der Waals surface area contributed by atoms with E-state index in [1.165, 1.54) is 0 Å². The molecular weight excluding hydrogens is 207 g/mol. The molecule has 0 bridgehead atoms. The zero-order chi connectivity index (χ0) is 9.61. The van der Waals surface area contributed by atoms with E-state index in [0.717, 1.165) is 13.1 Å². The fourth-order valence-electron chi connectivity index (χ4n) is 0.676. The Balaban J connectivity index is 3.84. The van der Waals surface area contributed by atoms with Crippen LogP contribution in [0.15, 0.2) is 0 Å². The molecule has 0 aromatic rings. The molecule has 0 N–H and O–H groups in total. The summed E-state index contributed by atoms with van der Waals surface area (Å²) in [5.74, 6) is 3.28. The Kier molecular flexibility index (Phi) is 5.69. The first-order valence-electron chi connectivity index (χ1n) is 4.52. The van der Waals surface area contributed by atoms with E-state index < -0.39 is 0 Å². The minimum absolute atomic E-state index is 0.163. The Morgan fingerprint density at radius 3 is 2.00 bits per heavy atom. The molecular formula is C10H19GeN. The predicted molar refractivity (Wildman–Crippen MR) is 55.9 cm³/mol. The zero-order valence-corrected chi connectivity index (χ0v) is 11.0. The van der Waals surface area contributed by atoms with Crippen LogP contribution in [0.2, 0.25) is 0 Å². The molecule has 0 aromatic heterocycles. The van der Waals surface area contributed by atoms with Crippen LogP contribution in [0.4, 0.5) is 0 Å². The molecule has 0 aliphatic heterocycles. The van der Waals surface area contributed by atoms with Crippen LogP contribution in [0.1, 0.15) is 34.6 Å². The Hall–Kier alpha value is 0.0629. The molecule has 0 atom stereocenters. The van der Waals surface area contributed by atoms with Gasteiger partial charge in [0.2, 0.25) is 0 Å². The predicted octanol–water partition coefficient (Wildman–Crippen LogP) is 1.95. The van der Waals surface area contributed by atoms with Gasteiger partial charge in [-0.1, -0.05) is 0 Å². The van der Waals surface area contributed by atoms with Crippen molar-refractivity contribution in [2.24, 2.45) is 5.41 Å². The van der Waals surface area contributed by atoms with E-state index in [1.807, 2.05) is 0 Å². The second kappa shape index (κ2) is 5.66. The SMILES string of the molecule is CC[N](CC)[Ge][C]#CC(C)(C)C. The van der Waals surface area contributed by atoms with Gasteiger partial charge in [-0.25, -0.2) is 0 Å². The van der Waals surface area contributed by atoms with Gasteiger partial charge in [-0.05, 0) is 0 Å². The van der Waals surface area contributed by atoms with Crippen LogP contribution in [-0.2, 0) is 0 Å². The van der Waals surface area contributed by atoms with E-state index in [0.29, 0.717) is 0 Å². The average molecular weight is 226 g/mol. The van der Waals surface area contributed by atoms with Crippen molar-refractivity contribution in [3.8, 4) is 10.7 Å². The molecule has 2 radical (unpaired) electrons. The summed E-state index contributed by atoms with van der Waals surface area (Å²) >= 11 is -0.163. The van der Waals surface area contributed by atoms with Gasteiger partial charge >= 0.3 is 83.3 Å². The molecule has 0 amide bonds. The molecule has 0 aliphatic carbocycles. The number of rotatable bonds is 3. The van der Waals surface area contributed by atoms with Crippen LogP contribution in [0, 0.1) is 16.1 Å². The summed E-state index contributed by atoms with van der Waals surface area (Å²) in [5.41, 5.74) is 0.177. The molecule has 0 saturated carbocycles. The van der Waals surface area contributed by atoms with Crippen molar-refractivity contribution in [2.75, 3.05) is 13.1 Å².